The van der Waals surface area contributed by atoms with Crippen LogP contribution >= 0.6 is 0 Å². The van der Waals surface area contributed by atoms with Crippen molar-refractivity contribution in [1.29, 1.82) is 0 Å². The Balaban J connectivity index is 0.000000175. The number of para-hydroxylation sites is 2. The number of cyclic esters (lactones) is 2. The van der Waals surface area contributed by atoms with Crippen LogP contribution in [0.15, 0.2) is 96.4 Å². The molecule has 14 aliphatic rings. The Bertz CT molecular complexity index is 4550. The molecule has 2 aromatic heterocycles. The number of nitrogens with one attached hydrogen (secondary N) is 1. The number of likely N-dealkylation sites (N-methyl/N-ethyl adjacent to an activating group) is 2. The van der Waals surface area contributed by atoms with Gasteiger partial charge in [-0.2, -0.15) is 0 Å². The molecule has 12 fully saturated rings. The molecule has 8 saturated heterocycles. The Labute approximate surface area is 770 Å². The first-order valence-corrected chi connectivity index (χ1v) is 48.4. The zero-order chi connectivity index (χ0) is 91.2. The van der Waals surface area contributed by atoms with Crippen molar-refractivity contribution in [3.63, 3.8) is 0 Å². The van der Waals surface area contributed by atoms with Gasteiger partial charge in [-0.25, -0.2) is 0 Å². The van der Waals surface area contributed by atoms with Gasteiger partial charge in [0.2, 0.25) is 0 Å². The fourth-order valence-electron chi connectivity index (χ4n) is 25.9. The van der Waals surface area contributed by atoms with Crippen molar-refractivity contribution in [3.8, 4) is 0 Å². The molecule has 8 aliphatic heterocycles. The Morgan fingerprint density at radius 1 is 0.485 bits per heavy atom. The number of ketones is 2. The molecule has 6 unspecified atom stereocenters. The van der Waals surface area contributed by atoms with Crippen molar-refractivity contribution in [2.45, 2.75) is 337 Å². The lowest BCUT2D eigenvalue weighted by molar-refractivity contribution is -0.314. The molecular weight excluding hydrogens is 1660 g/mol. The van der Waals surface area contributed by atoms with E-state index in [2.05, 4.69) is 111 Å². The van der Waals surface area contributed by atoms with Crippen LogP contribution in [0.25, 0.3) is 21.8 Å². The summed E-state index contributed by atoms with van der Waals surface area (Å²) in [4.78, 5) is 73.8. The third-order valence-electron chi connectivity index (χ3n) is 32.4. The van der Waals surface area contributed by atoms with Crippen molar-refractivity contribution >= 4 is 63.6 Å². The van der Waals surface area contributed by atoms with Crippen LogP contribution in [0.3, 0.4) is 0 Å². The summed E-state index contributed by atoms with van der Waals surface area (Å²) in [5.74, 6) is 0.201. The molecule has 0 spiro atoms. The lowest BCUT2D eigenvalue weighted by Gasteiger charge is -2.44. The average Bonchev–Trinajstić information content (AvgIpc) is 1.52. The van der Waals surface area contributed by atoms with Crippen LogP contribution in [-0.2, 0) is 95.0 Å². The summed E-state index contributed by atoms with van der Waals surface area (Å²) in [6.45, 7) is 16.4. The Kier molecular flexibility index (Phi) is 32.5. The minimum absolute atomic E-state index is 0. The number of fused-ring (bicyclic) bond motifs is 18. The number of esters is 2. The molecule has 18 rings (SSSR count). The van der Waals surface area contributed by atoms with Gasteiger partial charge in [0.25, 0.3) is 0 Å². The fourth-order valence-corrected chi connectivity index (χ4v) is 25.9. The van der Waals surface area contributed by atoms with E-state index in [1.54, 1.807) is 48.7 Å². The van der Waals surface area contributed by atoms with E-state index in [0.29, 0.717) is 48.3 Å². The van der Waals surface area contributed by atoms with Gasteiger partial charge in [0.1, 0.15) is 48.8 Å². The summed E-state index contributed by atoms with van der Waals surface area (Å²) >= 11 is 0. The Morgan fingerprint density at radius 3 is 1.38 bits per heavy atom. The van der Waals surface area contributed by atoms with Gasteiger partial charge in [-0.05, 0) is 241 Å². The highest BCUT2D eigenvalue weighted by Crippen LogP contribution is 2.66. The van der Waals surface area contributed by atoms with Crippen LogP contribution in [0.2, 0.25) is 0 Å². The second kappa shape index (κ2) is 42.8. The summed E-state index contributed by atoms with van der Waals surface area (Å²) in [5, 5.41) is 23.6. The number of anilines is 1. The van der Waals surface area contributed by atoms with E-state index in [-0.39, 0.29) is 213 Å². The molecule has 2 aromatic carbocycles. The molecule has 38 atom stereocenters. The number of hydrogen-bond acceptors (Lipinski definition) is 28. The molecule has 28 nitrogen and oxygen atoms in total. The van der Waals surface area contributed by atoms with Gasteiger partial charge in [-0.15, -0.1) is 0 Å². The van der Waals surface area contributed by atoms with Crippen molar-refractivity contribution < 1.29 is 105 Å². The molecule has 718 valence electrons. The normalized spacial score (nSPS) is 41.8. The summed E-state index contributed by atoms with van der Waals surface area (Å²) in [6, 6.07) is 21.3. The molecular formula is C101H149BN6O22. The zero-order valence-electron chi connectivity index (χ0n) is 79.1. The van der Waals surface area contributed by atoms with Gasteiger partial charge in [0.05, 0.1) is 96.7 Å². The molecule has 4 saturated carbocycles. The highest BCUT2D eigenvalue weighted by atomic mass is 16.7. The molecule has 0 radical (unpaired) electrons. The molecule has 6 aliphatic carbocycles. The summed E-state index contributed by atoms with van der Waals surface area (Å²) in [7, 11) is 16.9. The summed E-state index contributed by atoms with van der Waals surface area (Å²) in [5.41, 5.74) is 4.87. The first-order chi connectivity index (χ1) is 62.2. The van der Waals surface area contributed by atoms with E-state index in [1.165, 1.54) is 6.20 Å². The van der Waals surface area contributed by atoms with Gasteiger partial charge in [-0.3, -0.25) is 29.1 Å². The average molecular weight is 1810 g/mol. The van der Waals surface area contributed by atoms with E-state index in [9.17, 15) is 14.4 Å². The van der Waals surface area contributed by atoms with E-state index >= 15 is 4.79 Å². The Morgan fingerprint density at radius 2 is 0.923 bits per heavy atom. The molecule has 10 heterocycles. The molecule has 130 heavy (non-hydrogen) atoms. The van der Waals surface area contributed by atoms with Crippen molar-refractivity contribution in [3.05, 3.63) is 96.4 Å². The van der Waals surface area contributed by atoms with Gasteiger partial charge in [0, 0.05) is 108 Å². The topological polar surface area (TPSA) is 314 Å². The third kappa shape index (κ3) is 20.4. The first kappa shape index (κ1) is 98.6. The number of hydrogen-bond donors (Lipinski definition) is 3. The van der Waals surface area contributed by atoms with E-state index in [4.69, 9.17) is 90.8 Å². The summed E-state index contributed by atoms with van der Waals surface area (Å²) < 4.78 is 101. The van der Waals surface area contributed by atoms with Gasteiger partial charge in [0.15, 0.2) is 36.7 Å². The lowest BCUT2D eigenvalue weighted by atomic mass is 9.66. The van der Waals surface area contributed by atoms with E-state index in [0.717, 1.165) is 129 Å². The van der Waals surface area contributed by atoms with Crippen LogP contribution in [0.1, 0.15) is 178 Å². The van der Waals surface area contributed by atoms with Crippen LogP contribution < -0.4 is 15.7 Å². The number of carbonyl (C=O) groups excluding carboxylic acids is 4. The molecule has 3 N–H and O–H groups in total. The number of allylic oxidation sites excluding steroid dienone is 4. The van der Waals surface area contributed by atoms with Crippen LogP contribution in [-0.4, -0.2) is 290 Å². The number of aromatic nitrogens is 2. The fraction of sp³-hybridized carbons (Fsp3) is 0.743. The zero-order valence-corrected chi connectivity index (χ0v) is 79.1. The second-order valence-corrected chi connectivity index (χ2v) is 40.1. The first-order valence-electron chi connectivity index (χ1n) is 48.4. The monoisotopic (exact) mass is 1810 g/mol. The van der Waals surface area contributed by atoms with Crippen molar-refractivity contribution in [2.24, 2.45) is 71.0 Å². The number of pyridine rings is 2. The smallest absolute Gasteiger partial charge is 0.462 e. The predicted molar refractivity (Wildman–Crippen MR) is 491 cm³/mol. The quantitative estimate of drug-likeness (QED) is 0.0420. The standard InChI is InChI=1S/C50H71N3O10.C41H66N2O10.C9H8BNO2.CH4/c1-10-31-15-13-17-40(63-42-19-18-39(52(5)6)27(3)59-42)26(2)46(55)37-23-34-33-21-32(62-50-49(58-9)48(57-8)47(56-7)28(4)60-50)22-36(33)44-45(43(34)35(37)24-41(54)61-31)53(44)30-20-29-14-11-12-16-38(29)51-25-30;1-10-23-12-11-13-31(53-33-15-14-30(43(5)6)21(3)49-33)20(2)37(45)29-18-26-25-16-24(52-41-40(48-9)39(47-8)38(46-7)22(4)50-41)17-28(25)35-36(42-35)34(26)27(29)19-32(44)51-23;12-10(13)8-5-7-3-1-2-4-9(7)11-6-8;/h11-12,14,16,20,23,25-28,31-36,39-40,42-45,47-50H,10,13,15,17-19,21-22,24H2,1-9H3;18,20-28,30-31,33-36,38-42H,10-17,19H2,1-9H3;1-6,12-13H;1H4/t26-,27?,28?,31+,32+,33+,34+,35-,36-,39+,40+,42+,43-,44+,45-,47+,48?,49+,50+,53?;20-,21?,22?,23+,24+,25+,26+,27-,28-,30+,31+,33+,34-,35+,36-,38+,39?,40+,41+;;/m11../s1. The third-order valence-corrected chi connectivity index (χ3v) is 32.4. The maximum absolute atomic E-state index is 15.3. The van der Waals surface area contributed by atoms with E-state index in [1.807, 2.05) is 70.3 Å². The molecule has 0 bridgehead atoms. The van der Waals surface area contributed by atoms with Crippen molar-refractivity contribution in [2.75, 3.05) is 75.7 Å². The van der Waals surface area contributed by atoms with E-state index < -0.39 is 37.8 Å². The van der Waals surface area contributed by atoms with Crippen LogP contribution in [0, 0.1) is 71.0 Å². The number of methoxy groups -OCH3 is 6. The Hall–Kier alpha value is -5.88. The highest BCUT2D eigenvalue weighted by Gasteiger charge is 2.70. The largest absolute Gasteiger partial charge is 0.490 e. The number of carbonyl (C=O) groups is 4. The number of ether oxygens (including phenoxy) is 16. The van der Waals surface area contributed by atoms with Crippen LogP contribution in [0.5, 0.6) is 0 Å². The maximum Gasteiger partial charge on any atom is 0.490 e. The minimum atomic E-state index is -1.45. The van der Waals surface area contributed by atoms with Crippen molar-refractivity contribution in [1.82, 2.24) is 25.1 Å². The van der Waals surface area contributed by atoms with Gasteiger partial charge in [-0.1, -0.05) is 89.7 Å². The van der Waals surface area contributed by atoms with Crippen LogP contribution in [0.4, 0.5) is 5.69 Å². The van der Waals surface area contributed by atoms with Gasteiger partial charge < -0.3 is 106 Å². The predicted octanol–water partition coefficient (Wildman–Crippen LogP) is 11.6. The number of Topliss-reactive ketones (excluding diaryl/α,β-unsaturated/α-hetero) is 2. The minimum Gasteiger partial charge on any atom is -0.462 e. The number of benzene rings is 2. The maximum atomic E-state index is 15.3. The molecule has 4 aromatic rings. The SMILES string of the molecule is C.CC[C@H]1CCC[C@H](O[C@H]2CC[C@H](N(C)C)C(C)O2)[C@@H](C)C(=O)C2=C[C@H]3[C@@H]4C[C@H](O[C@@H]5OC(C)[C@H](OC)C(OC)[C@@H]5OC)C[C@H]4[C@@H]4N[C@@H]4[C@H]3[C@@H]2CC(=O)O1.CC[C@H]1CCC[C@H](O[C@H]2CC[C@H](N(C)C)C(C)O2)[C@@H](C)C(=O)C2=C[C@H]3[C@@H]4C[C@H](O[C@@H]5OC(C)[C@H](OC)C(OC)[C@@H]5OC)C[C@H]4[C@H]4[C@@H]([C@H]3[C@@H]2CC(=O)O1)N4c1cnc2ccccc2c1.OB(O)c1cnc2ccccc2c1. The lowest BCUT2D eigenvalue weighted by Crippen LogP contribution is -2.59. The molecule has 0 amide bonds. The molecule has 29 heteroatoms. The number of nitrogens with zero attached hydrogens (tertiary/aromatic N) is 5. The second-order valence-electron chi connectivity index (χ2n) is 40.1. The van der Waals surface area contributed by atoms with Gasteiger partial charge >= 0.3 is 19.1 Å². The number of rotatable bonds is 20. The highest BCUT2D eigenvalue weighted by molar-refractivity contribution is 6.58. The summed E-state index contributed by atoms with van der Waals surface area (Å²) in [6.07, 6.45) is 15.7.